The number of H-pyrrole nitrogens is 1. The minimum Gasteiger partial charge on any atom is -0.345 e. The van der Waals surface area contributed by atoms with E-state index in [4.69, 9.17) is 0 Å². The van der Waals surface area contributed by atoms with E-state index in [1.807, 2.05) is 24.3 Å². The van der Waals surface area contributed by atoms with E-state index in [9.17, 15) is 4.79 Å². The van der Waals surface area contributed by atoms with Gasteiger partial charge >= 0.3 is 0 Å². The average Bonchev–Trinajstić information content (AvgIpc) is 3.02. The van der Waals surface area contributed by atoms with Gasteiger partial charge in [0.05, 0.1) is 17.4 Å². The van der Waals surface area contributed by atoms with Gasteiger partial charge in [-0.15, -0.1) is 0 Å². The molecule has 0 radical (unpaired) electrons. The lowest BCUT2D eigenvalue weighted by Crippen LogP contribution is -2.11. The summed E-state index contributed by atoms with van der Waals surface area (Å²) in [6.07, 6.45) is 2.73. The van der Waals surface area contributed by atoms with E-state index in [0.29, 0.717) is 11.5 Å². The summed E-state index contributed by atoms with van der Waals surface area (Å²) in [7, 11) is 0. The van der Waals surface area contributed by atoms with Gasteiger partial charge in [-0.2, -0.15) is 0 Å². The van der Waals surface area contributed by atoms with Crippen molar-refractivity contribution in [2.75, 3.05) is 5.32 Å². The molecule has 3 aromatic rings. The number of amides is 1. The second kappa shape index (κ2) is 6.02. The Morgan fingerprint density at radius 1 is 1.23 bits per heavy atom. The van der Waals surface area contributed by atoms with Crippen molar-refractivity contribution in [1.29, 1.82) is 0 Å². The lowest BCUT2D eigenvalue weighted by Gasteiger charge is -2.10. The number of rotatable bonds is 4. The first-order valence-electron chi connectivity index (χ1n) is 7.52. The first-order chi connectivity index (χ1) is 10.7. The summed E-state index contributed by atoms with van der Waals surface area (Å²) in [6.45, 7) is 4.37. The van der Waals surface area contributed by atoms with Crippen molar-refractivity contribution in [2.45, 2.75) is 26.2 Å². The van der Waals surface area contributed by atoms with Gasteiger partial charge in [0.25, 0.3) is 5.91 Å². The number of benzene rings is 2. The van der Waals surface area contributed by atoms with Crippen LogP contribution in [0.5, 0.6) is 0 Å². The van der Waals surface area contributed by atoms with Gasteiger partial charge in [-0.25, -0.2) is 4.98 Å². The first-order valence-corrected chi connectivity index (χ1v) is 7.52. The number of imidazole rings is 1. The monoisotopic (exact) mass is 293 g/mol. The van der Waals surface area contributed by atoms with E-state index in [0.717, 1.165) is 23.1 Å². The molecule has 2 N–H and O–H groups in total. The Balaban J connectivity index is 1.75. The van der Waals surface area contributed by atoms with Crippen molar-refractivity contribution < 1.29 is 4.79 Å². The second-order valence-electron chi connectivity index (χ2n) is 5.52. The van der Waals surface area contributed by atoms with Crippen LogP contribution < -0.4 is 5.32 Å². The Hall–Kier alpha value is -2.62. The lowest BCUT2D eigenvalue weighted by molar-refractivity contribution is 0.102. The molecule has 0 bridgehead atoms. The zero-order chi connectivity index (χ0) is 15.5. The van der Waals surface area contributed by atoms with Crippen LogP contribution in [0, 0.1) is 0 Å². The van der Waals surface area contributed by atoms with Crippen molar-refractivity contribution in [1.82, 2.24) is 9.97 Å². The Kier molecular flexibility index (Phi) is 3.92. The van der Waals surface area contributed by atoms with Gasteiger partial charge in [0.15, 0.2) is 0 Å². The predicted molar refractivity (Wildman–Crippen MR) is 89.2 cm³/mol. The summed E-state index contributed by atoms with van der Waals surface area (Å²) in [5.74, 6) is 0.417. The Bertz CT molecular complexity index is 789. The van der Waals surface area contributed by atoms with Crippen LogP contribution in [-0.4, -0.2) is 15.9 Å². The molecule has 4 nitrogen and oxygen atoms in total. The fourth-order valence-corrected chi connectivity index (χ4v) is 2.41. The van der Waals surface area contributed by atoms with Crippen molar-refractivity contribution >= 4 is 22.6 Å². The highest BCUT2D eigenvalue weighted by Gasteiger charge is 2.08. The minimum atomic E-state index is -0.118. The summed E-state index contributed by atoms with van der Waals surface area (Å²) in [6, 6.07) is 13.5. The molecule has 1 aromatic heterocycles. The van der Waals surface area contributed by atoms with E-state index in [1.165, 1.54) is 5.56 Å². The van der Waals surface area contributed by atoms with E-state index in [-0.39, 0.29) is 5.91 Å². The van der Waals surface area contributed by atoms with Gasteiger partial charge in [0.2, 0.25) is 0 Å². The Morgan fingerprint density at radius 2 is 2.00 bits per heavy atom. The first kappa shape index (κ1) is 14.3. The van der Waals surface area contributed by atoms with Crippen LogP contribution in [-0.2, 0) is 0 Å². The van der Waals surface area contributed by atoms with Crippen LogP contribution in [0.15, 0.2) is 48.8 Å². The molecular formula is C18H19N3O. The number of aromatic amines is 1. The largest absolute Gasteiger partial charge is 0.345 e. The number of fused-ring (bicyclic) bond motifs is 1. The molecule has 22 heavy (non-hydrogen) atoms. The quantitative estimate of drug-likeness (QED) is 0.752. The molecule has 0 spiro atoms. The highest BCUT2D eigenvalue weighted by Crippen LogP contribution is 2.21. The summed E-state index contributed by atoms with van der Waals surface area (Å²) >= 11 is 0. The van der Waals surface area contributed by atoms with Crippen LogP contribution in [0.1, 0.15) is 42.1 Å². The molecule has 112 valence electrons. The highest BCUT2D eigenvalue weighted by atomic mass is 16.1. The molecule has 4 heteroatoms. The molecule has 1 amide bonds. The third-order valence-corrected chi connectivity index (χ3v) is 4.03. The molecular weight excluding hydrogens is 274 g/mol. The van der Waals surface area contributed by atoms with Gasteiger partial charge in [0, 0.05) is 11.3 Å². The predicted octanol–water partition coefficient (Wildman–Crippen LogP) is 4.33. The van der Waals surface area contributed by atoms with Crippen molar-refractivity contribution in [3.8, 4) is 0 Å². The highest BCUT2D eigenvalue weighted by molar-refractivity contribution is 6.05. The molecule has 0 saturated carbocycles. The number of carbonyl (C=O) groups excluding carboxylic acids is 1. The minimum absolute atomic E-state index is 0.118. The van der Waals surface area contributed by atoms with Gasteiger partial charge < -0.3 is 10.3 Å². The van der Waals surface area contributed by atoms with E-state index >= 15 is 0 Å². The second-order valence-corrected chi connectivity index (χ2v) is 5.52. The Morgan fingerprint density at radius 3 is 2.73 bits per heavy atom. The van der Waals surface area contributed by atoms with Gasteiger partial charge in [-0.05, 0) is 48.2 Å². The maximum absolute atomic E-state index is 12.3. The molecule has 1 atom stereocenters. The molecule has 0 saturated heterocycles. The fraction of sp³-hybridized carbons (Fsp3) is 0.222. The maximum Gasteiger partial charge on any atom is 0.255 e. The molecule has 1 heterocycles. The summed E-state index contributed by atoms with van der Waals surface area (Å²) in [5.41, 5.74) is 4.43. The van der Waals surface area contributed by atoms with Gasteiger partial charge in [-0.3, -0.25) is 4.79 Å². The third-order valence-electron chi connectivity index (χ3n) is 4.03. The molecule has 3 rings (SSSR count). The average molecular weight is 293 g/mol. The normalized spacial score (nSPS) is 12.3. The topological polar surface area (TPSA) is 57.8 Å². The number of aromatic nitrogens is 2. The third kappa shape index (κ3) is 2.86. The number of anilines is 1. The van der Waals surface area contributed by atoms with E-state index < -0.39 is 0 Å². The van der Waals surface area contributed by atoms with Crippen LogP contribution in [0.4, 0.5) is 5.69 Å². The van der Waals surface area contributed by atoms with Crippen LogP contribution in [0.25, 0.3) is 11.0 Å². The number of nitrogens with zero attached hydrogens (tertiary/aromatic N) is 1. The van der Waals surface area contributed by atoms with Crippen molar-refractivity contribution in [3.05, 3.63) is 59.9 Å². The van der Waals surface area contributed by atoms with Crippen molar-refractivity contribution in [2.24, 2.45) is 0 Å². The van der Waals surface area contributed by atoms with E-state index in [1.54, 1.807) is 12.4 Å². The summed E-state index contributed by atoms with van der Waals surface area (Å²) in [4.78, 5) is 19.5. The van der Waals surface area contributed by atoms with Gasteiger partial charge in [-0.1, -0.05) is 26.0 Å². The number of nitrogens with one attached hydrogen (secondary N) is 2. The molecule has 0 aliphatic rings. The summed E-state index contributed by atoms with van der Waals surface area (Å²) in [5, 5.41) is 2.93. The smallest absolute Gasteiger partial charge is 0.255 e. The number of hydrogen-bond acceptors (Lipinski definition) is 2. The zero-order valence-electron chi connectivity index (χ0n) is 12.8. The molecule has 0 aliphatic heterocycles. The van der Waals surface area contributed by atoms with Crippen LogP contribution >= 0.6 is 0 Å². The zero-order valence-corrected chi connectivity index (χ0v) is 12.8. The summed E-state index contributed by atoms with van der Waals surface area (Å²) < 4.78 is 0. The molecule has 0 aliphatic carbocycles. The van der Waals surface area contributed by atoms with Crippen LogP contribution in [0.2, 0.25) is 0 Å². The lowest BCUT2D eigenvalue weighted by atomic mass is 9.98. The molecule has 1 unspecified atom stereocenters. The number of hydrogen-bond donors (Lipinski definition) is 2. The standard InChI is InChI=1S/C18H19N3O/c1-3-12(2)13-4-7-15(8-5-13)21-18(22)14-6-9-16-17(10-14)20-11-19-16/h4-12H,3H2,1-2H3,(H,19,20)(H,21,22). The van der Waals surface area contributed by atoms with Crippen molar-refractivity contribution in [3.63, 3.8) is 0 Å². The van der Waals surface area contributed by atoms with Crippen LogP contribution in [0.3, 0.4) is 0 Å². The van der Waals surface area contributed by atoms with Gasteiger partial charge in [0.1, 0.15) is 0 Å². The molecule has 2 aromatic carbocycles. The van der Waals surface area contributed by atoms with E-state index in [2.05, 4.69) is 41.3 Å². The number of carbonyl (C=O) groups is 1. The molecule has 0 fully saturated rings. The fourth-order valence-electron chi connectivity index (χ4n) is 2.41. The Labute approximate surface area is 129 Å². The maximum atomic E-state index is 12.3. The SMILES string of the molecule is CCC(C)c1ccc(NC(=O)c2ccc3nc[nH]c3c2)cc1.